The predicted octanol–water partition coefficient (Wildman–Crippen LogP) is 4.93. The summed E-state index contributed by atoms with van der Waals surface area (Å²) in [6, 6.07) is 22.1. The van der Waals surface area contributed by atoms with E-state index in [1.54, 1.807) is 36.4 Å². The molecule has 0 N–H and O–H groups in total. The SMILES string of the molecule is CCCOc1ccc(N2C(=O)C3ON(C)C(c4ccc(OCc5ccccc5)c(OCC)c4)C3C2=O)cc1. The molecule has 3 atom stereocenters. The van der Waals surface area contributed by atoms with Gasteiger partial charge in [0.05, 0.1) is 30.9 Å². The number of imide groups is 1. The Morgan fingerprint density at radius 1 is 0.842 bits per heavy atom. The number of ether oxygens (including phenoxy) is 3. The quantitative estimate of drug-likeness (QED) is 0.354. The van der Waals surface area contributed by atoms with Crippen LogP contribution in [-0.4, -0.2) is 43.2 Å². The molecule has 0 aromatic heterocycles. The maximum atomic E-state index is 13.6. The average Bonchev–Trinajstić information content (AvgIpc) is 3.40. The summed E-state index contributed by atoms with van der Waals surface area (Å²) >= 11 is 0. The monoisotopic (exact) mass is 516 g/mol. The normalized spacial score (nSPS) is 21.0. The molecule has 5 rings (SSSR count). The third-order valence-corrected chi connectivity index (χ3v) is 6.72. The smallest absolute Gasteiger partial charge is 0.265 e. The first kappa shape index (κ1) is 25.8. The summed E-state index contributed by atoms with van der Waals surface area (Å²) in [5.41, 5.74) is 2.36. The second-order valence-corrected chi connectivity index (χ2v) is 9.31. The molecule has 2 fully saturated rings. The number of benzene rings is 3. The number of carbonyl (C=O) groups excluding carboxylic acids is 2. The Kier molecular flexibility index (Phi) is 7.62. The zero-order valence-electron chi connectivity index (χ0n) is 21.8. The third kappa shape index (κ3) is 4.97. The van der Waals surface area contributed by atoms with Gasteiger partial charge < -0.3 is 14.2 Å². The van der Waals surface area contributed by atoms with Crippen LogP contribution in [0.2, 0.25) is 0 Å². The van der Waals surface area contributed by atoms with Gasteiger partial charge in [-0.2, -0.15) is 5.06 Å². The summed E-state index contributed by atoms with van der Waals surface area (Å²) in [5.74, 6) is 0.534. The highest BCUT2D eigenvalue weighted by Gasteiger charge is 2.59. The van der Waals surface area contributed by atoms with Crippen LogP contribution in [0.4, 0.5) is 5.69 Å². The van der Waals surface area contributed by atoms with Crippen molar-refractivity contribution in [2.24, 2.45) is 5.92 Å². The fourth-order valence-corrected chi connectivity index (χ4v) is 4.96. The summed E-state index contributed by atoms with van der Waals surface area (Å²) < 4.78 is 17.6. The van der Waals surface area contributed by atoms with E-state index < -0.39 is 18.1 Å². The van der Waals surface area contributed by atoms with E-state index in [2.05, 4.69) is 0 Å². The van der Waals surface area contributed by atoms with E-state index in [0.717, 1.165) is 17.5 Å². The predicted molar refractivity (Wildman–Crippen MR) is 142 cm³/mol. The van der Waals surface area contributed by atoms with E-state index in [-0.39, 0.29) is 11.8 Å². The molecule has 38 heavy (non-hydrogen) atoms. The van der Waals surface area contributed by atoms with Gasteiger partial charge in [0.15, 0.2) is 17.6 Å². The Morgan fingerprint density at radius 2 is 1.61 bits per heavy atom. The molecule has 0 aliphatic carbocycles. The van der Waals surface area contributed by atoms with Gasteiger partial charge in [-0.05, 0) is 60.9 Å². The van der Waals surface area contributed by atoms with Gasteiger partial charge in [-0.15, -0.1) is 0 Å². The van der Waals surface area contributed by atoms with Crippen LogP contribution < -0.4 is 19.1 Å². The van der Waals surface area contributed by atoms with Crippen LogP contribution in [0.15, 0.2) is 72.8 Å². The molecule has 198 valence electrons. The van der Waals surface area contributed by atoms with Crippen molar-refractivity contribution < 1.29 is 28.6 Å². The molecular formula is C30H32N2O6. The maximum Gasteiger partial charge on any atom is 0.265 e. The second-order valence-electron chi connectivity index (χ2n) is 9.31. The van der Waals surface area contributed by atoms with E-state index in [1.165, 1.54) is 4.90 Å². The van der Waals surface area contributed by atoms with Crippen molar-refractivity contribution >= 4 is 17.5 Å². The van der Waals surface area contributed by atoms with Crippen LogP contribution in [0.1, 0.15) is 37.4 Å². The second kappa shape index (κ2) is 11.2. The number of nitrogens with zero attached hydrogens (tertiary/aromatic N) is 2. The minimum atomic E-state index is -0.891. The maximum absolute atomic E-state index is 13.6. The fraction of sp³-hybridized carbons (Fsp3) is 0.333. The molecule has 2 aliphatic heterocycles. The highest BCUT2D eigenvalue weighted by Crippen LogP contribution is 2.46. The first-order valence-electron chi connectivity index (χ1n) is 13.0. The first-order valence-corrected chi connectivity index (χ1v) is 13.0. The van der Waals surface area contributed by atoms with Crippen molar-refractivity contribution in [3.8, 4) is 17.2 Å². The highest BCUT2D eigenvalue weighted by atomic mass is 16.7. The lowest BCUT2D eigenvalue weighted by atomic mass is 9.91. The first-order chi connectivity index (χ1) is 18.5. The van der Waals surface area contributed by atoms with Crippen LogP contribution in [0.3, 0.4) is 0 Å². The number of hydrogen-bond donors (Lipinski definition) is 0. The molecule has 2 saturated heterocycles. The number of carbonyl (C=O) groups is 2. The van der Waals surface area contributed by atoms with Crippen LogP contribution >= 0.6 is 0 Å². The molecule has 8 nitrogen and oxygen atoms in total. The van der Waals surface area contributed by atoms with Crippen molar-refractivity contribution in [3.63, 3.8) is 0 Å². The van der Waals surface area contributed by atoms with Gasteiger partial charge in [-0.1, -0.05) is 43.3 Å². The molecule has 0 bridgehead atoms. The van der Waals surface area contributed by atoms with Crippen LogP contribution in [0.5, 0.6) is 17.2 Å². The lowest BCUT2D eigenvalue weighted by Crippen LogP contribution is -2.36. The molecule has 2 aliphatic rings. The number of hydrogen-bond acceptors (Lipinski definition) is 7. The van der Waals surface area contributed by atoms with Crippen molar-refractivity contribution in [2.75, 3.05) is 25.2 Å². The molecule has 0 radical (unpaired) electrons. The number of amides is 2. The Hall–Kier alpha value is -3.88. The Bertz CT molecular complexity index is 1280. The zero-order valence-corrected chi connectivity index (χ0v) is 21.8. The molecule has 2 amide bonds. The van der Waals surface area contributed by atoms with Gasteiger partial charge in [0, 0.05) is 7.05 Å². The van der Waals surface area contributed by atoms with Gasteiger partial charge in [0.25, 0.3) is 5.91 Å². The standard InChI is InChI=1S/C30H32N2O6/c1-4-17-36-23-14-12-22(13-15-23)32-29(33)26-27(31(3)38-28(26)30(32)34)21-11-16-24(25(18-21)35-5-2)37-19-20-9-7-6-8-10-20/h6-16,18,26-28H,4-5,17,19H2,1-3H3. The van der Waals surface area contributed by atoms with Crippen LogP contribution in [0.25, 0.3) is 0 Å². The topological polar surface area (TPSA) is 77.5 Å². The minimum absolute atomic E-state index is 0.293. The van der Waals surface area contributed by atoms with Gasteiger partial charge in [0.1, 0.15) is 12.4 Å². The van der Waals surface area contributed by atoms with E-state index in [0.29, 0.717) is 42.8 Å². The largest absolute Gasteiger partial charge is 0.494 e. The van der Waals surface area contributed by atoms with Gasteiger partial charge in [0.2, 0.25) is 5.91 Å². The van der Waals surface area contributed by atoms with Crippen LogP contribution in [-0.2, 0) is 21.0 Å². The summed E-state index contributed by atoms with van der Waals surface area (Å²) in [6.07, 6.45) is 0.00376. The van der Waals surface area contributed by atoms with E-state index >= 15 is 0 Å². The number of anilines is 1. The number of fused-ring (bicyclic) bond motifs is 1. The minimum Gasteiger partial charge on any atom is -0.494 e. The average molecular weight is 517 g/mol. The molecule has 2 heterocycles. The Labute approximate surface area is 222 Å². The van der Waals surface area contributed by atoms with Gasteiger partial charge in [-0.25, -0.2) is 4.90 Å². The molecular weight excluding hydrogens is 484 g/mol. The molecule has 3 aromatic carbocycles. The summed E-state index contributed by atoms with van der Waals surface area (Å²) in [6.45, 7) is 5.40. The Morgan fingerprint density at radius 3 is 2.32 bits per heavy atom. The van der Waals surface area contributed by atoms with Gasteiger partial charge >= 0.3 is 0 Å². The van der Waals surface area contributed by atoms with Crippen molar-refractivity contribution in [1.82, 2.24) is 5.06 Å². The lowest BCUT2D eigenvalue weighted by Gasteiger charge is -2.25. The Balaban J connectivity index is 1.38. The fourth-order valence-electron chi connectivity index (χ4n) is 4.96. The third-order valence-electron chi connectivity index (χ3n) is 6.72. The van der Waals surface area contributed by atoms with E-state index in [9.17, 15) is 9.59 Å². The van der Waals surface area contributed by atoms with Crippen molar-refractivity contribution in [1.29, 1.82) is 0 Å². The molecule has 0 spiro atoms. The zero-order chi connectivity index (χ0) is 26.6. The van der Waals surface area contributed by atoms with E-state index in [4.69, 9.17) is 19.0 Å². The highest BCUT2D eigenvalue weighted by molar-refractivity contribution is 6.23. The summed E-state index contributed by atoms with van der Waals surface area (Å²) in [5, 5.41) is 1.60. The van der Waals surface area contributed by atoms with Crippen molar-refractivity contribution in [3.05, 3.63) is 83.9 Å². The van der Waals surface area contributed by atoms with E-state index in [1.807, 2.05) is 62.4 Å². The van der Waals surface area contributed by atoms with Crippen molar-refractivity contribution in [2.45, 2.75) is 39.0 Å². The number of hydroxylamine groups is 2. The number of rotatable bonds is 10. The lowest BCUT2D eigenvalue weighted by molar-refractivity contribution is -0.160. The molecule has 3 unspecified atom stereocenters. The van der Waals surface area contributed by atoms with Crippen LogP contribution in [0, 0.1) is 5.92 Å². The molecule has 0 saturated carbocycles. The summed E-state index contributed by atoms with van der Waals surface area (Å²) in [4.78, 5) is 34.1. The summed E-state index contributed by atoms with van der Waals surface area (Å²) in [7, 11) is 1.74. The molecule has 8 heteroatoms. The van der Waals surface area contributed by atoms with Gasteiger partial charge in [-0.3, -0.25) is 14.4 Å². The molecule has 3 aromatic rings.